The van der Waals surface area contributed by atoms with Crippen molar-refractivity contribution >= 4 is 37.9 Å². The van der Waals surface area contributed by atoms with Crippen molar-refractivity contribution in [2.45, 2.75) is 11.2 Å². The van der Waals surface area contributed by atoms with Crippen LogP contribution in [0.4, 0.5) is 13.2 Å². The fraction of sp³-hybridized carbons (Fsp3) is 0.235. The molecule has 0 atom stereocenters. The lowest BCUT2D eigenvalue weighted by atomic mass is 10.2. The van der Waals surface area contributed by atoms with Gasteiger partial charge >= 0.3 is 6.18 Å². The van der Waals surface area contributed by atoms with Crippen LogP contribution in [0, 0.1) is 0 Å². The number of nitrogens with zero attached hydrogens (tertiary/aromatic N) is 2. The molecule has 1 amide bonds. The predicted octanol–water partition coefficient (Wildman–Crippen LogP) is 2.80. The van der Waals surface area contributed by atoms with Crippen molar-refractivity contribution in [2.75, 3.05) is 20.0 Å². The predicted molar refractivity (Wildman–Crippen MR) is 104 cm³/mol. The average Bonchev–Trinajstić information content (AvgIpc) is 2.68. The van der Waals surface area contributed by atoms with E-state index in [-0.39, 0.29) is 0 Å². The number of benzene rings is 1. The maximum atomic E-state index is 12.5. The van der Waals surface area contributed by atoms with E-state index < -0.39 is 38.3 Å². The van der Waals surface area contributed by atoms with Crippen LogP contribution in [0.2, 0.25) is 0 Å². The number of methoxy groups -OCH3 is 2. The summed E-state index contributed by atoms with van der Waals surface area (Å²) in [5, 5.41) is 3.02. The van der Waals surface area contributed by atoms with Crippen LogP contribution >= 0.6 is 15.9 Å². The molecule has 13 heteroatoms. The molecule has 0 aliphatic carbocycles. The fourth-order valence-corrected chi connectivity index (χ4v) is 3.62. The van der Waals surface area contributed by atoms with Crippen molar-refractivity contribution in [3.63, 3.8) is 0 Å². The lowest BCUT2D eigenvalue weighted by Gasteiger charge is -2.09. The largest absolute Gasteiger partial charge is 0.493 e. The van der Waals surface area contributed by atoms with E-state index in [0.717, 1.165) is 0 Å². The number of rotatable bonds is 7. The molecule has 8 nitrogen and oxygen atoms in total. The summed E-state index contributed by atoms with van der Waals surface area (Å²) in [5.41, 5.74) is 1.44. The number of amides is 1. The van der Waals surface area contributed by atoms with Gasteiger partial charge in [-0.15, -0.1) is 0 Å². The molecule has 1 aromatic carbocycles. The van der Waals surface area contributed by atoms with Gasteiger partial charge in [0.05, 0.1) is 26.0 Å². The molecule has 1 heterocycles. The zero-order chi connectivity index (χ0) is 22.5. The zero-order valence-corrected chi connectivity index (χ0v) is 17.9. The molecule has 0 radical (unpaired) electrons. The number of hydrogen-bond acceptors (Lipinski definition) is 7. The number of nitrogens with one attached hydrogen (secondary N) is 1. The minimum absolute atomic E-state index is 0.386. The van der Waals surface area contributed by atoms with Crippen molar-refractivity contribution in [2.24, 2.45) is 5.10 Å². The van der Waals surface area contributed by atoms with E-state index in [1.54, 1.807) is 12.1 Å². The maximum absolute atomic E-state index is 12.5. The highest BCUT2D eigenvalue weighted by Gasteiger charge is 2.31. The van der Waals surface area contributed by atoms with Gasteiger partial charge in [0.15, 0.2) is 16.5 Å². The Bertz CT molecular complexity index is 1060. The Morgan fingerprint density at radius 3 is 2.40 bits per heavy atom. The monoisotopic (exact) mass is 509 g/mol. The number of carbonyl (C=O) groups excluding carboxylic acids is 1. The minimum atomic E-state index is -4.65. The highest BCUT2D eigenvalue weighted by atomic mass is 79.9. The molecule has 1 aromatic heterocycles. The van der Waals surface area contributed by atoms with Crippen LogP contribution in [-0.2, 0) is 20.8 Å². The molecule has 2 rings (SSSR count). The summed E-state index contributed by atoms with van der Waals surface area (Å²) in [7, 11) is -1.35. The molecule has 1 N–H and O–H groups in total. The third kappa shape index (κ3) is 5.92. The van der Waals surface area contributed by atoms with Crippen molar-refractivity contribution in [1.82, 2.24) is 10.4 Å². The van der Waals surface area contributed by atoms with Crippen LogP contribution in [0.25, 0.3) is 0 Å². The van der Waals surface area contributed by atoms with Crippen molar-refractivity contribution in [1.29, 1.82) is 0 Å². The maximum Gasteiger partial charge on any atom is 0.417 e. The summed E-state index contributed by atoms with van der Waals surface area (Å²) in [6.07, 6.45) is -3.02. The van der Waals surface area contributed by atoms with Gasteiger partial charge in [-0.3, -0.25) is 4.79 Å². The summed E-state index contributed by atoms with van der Waals surface area (Å²) in [5.74, 6) is -1.18. The standard InChI is InChI=1S/C17H15BrF3N3O5S/c1-28-13-5-10(12(18)6-14(13)29-2)7-23-24-15(25)9-30(26,27)16-4-3-11(8-22-16)17(19,20)21/h3-8H,9H2,1-2H3,(H,24,25). The fourth-order valence-electron chi connectivity index (χ4n) is 2.15. The Labute approximate surface area is 178 Å². The number of carbonyl (C=O) groups is 1. The lowest BCUT2D eigenvalue weighted by Crippen LogP contribution is -2.27. The highest BCUT2D eigenvalue weighted by Crippen LogP contribution is 2.32. The van der Waals surface area contributed by atoms with E-state index >= 15 is 0 Å². The molecule has 0 aliphatic rings. The molecule has 0 saturated carbocycles. The Kier molecular flexibility index (Phi) is 7.42. The van der Waals surface area contributed by atoms with Gasteiger partial charge in [-0.2, -0.15) is 18.3 Å². The topological polar surface area (TPSA) is 107 Å². The van der Waals surface area contributed by atoms with Gasteiger partial charge in [-0.1, -0.05) is 0 Å². The second kappa shape index (κ2) is 9.43. The highest BCUT2D eigenvalue weighted by molar-refractivity contribution is 9.10. The van der Waals surface area contributed by atoms with E-state index in [2.05, 4.69) is 26.0 Å². The van der Waals surface area contributed by atoms with Crippen LogP contribution < -0.4 is 14.9 Å². The van der Waals surface area contributed by atoms with Gasteiger partial charge < -0.3 is 9.47 Å². The molecular formula is C17H15BrF3N3O5S. The van der Waals surface area contributed by atoms with Gasteiger partial charge in [0.1, 0.15) is 5.75 Å². The zero-order valence-electron chi connectivity index (χ0n) is 15.5. The van der Waals surface area contributed by atoms with Crippen LogP contribution in [-0.4, -0.2) is 45.5 Å². The molecular weight excluding hydrogens is 495 g/mol. The van der Waals surface area contributed by atoms with Crippen LogP contribution in [0.1, 0.15) is 11.1 Å². The van der Waals surface area contributed by atoms with Crippen molar-refractivity contribution in [3.05, 3.63) is 46.1 Å². The van der Waals surface area contributed by atoms with E-state index in [4.69, 9.17) is 9.47 Å². The normalized spacial score (nSPS) is 12.1. The Balaban J connectivity index is 2.07. The van der Waals surface area contributed by atoms with Gasteiger partial charge in [-0.25, -0.2) is 18.8 Å². The van der Waals surface area contributed by atoms with Gasteiger partial charge in [-0.05, 0) is 40.2 Å². The second-order valence-electron chi connectivity index (χ2n) is 5.66. The van der Waals surface area contributed by atoms with Gasteiger partial charge in [0.25, 0.3) is 5.91 Å². The summed E-state index contributed by atoms with van der Waals surface area (Å²) in [4.78, 5) is 15.2. The molecule has 0 bridgehead atoms. The number of ether oxygens (including phenoxy) is 2. The first-order valence-corrected chi connectivity index (χ1v) is 10.4. The Morgan fingerprint density at radius 1 is 1.23 bits per heavy atom. The quantitative estimate of drug-likeness (QED) is 0.454. The molecule has 0 fully saturated rings. The molecule has 2 aromatic rings. The van der Waals surface area contributed by atoms with E-state index in [0.29, 0.717) is 39.9 Å². The number of hydrazone groups is 1. The van der Waals surface area contributed by atoms with Crippen molar-refractivity contribution in [3.8, 4) is 11.5 Å². The third-order valence-electron chi connectivity index (χ3n) is 3.60. The van der Waals surface area contributed by atoms with Crippen molar-refractivity contribution < 1.29 is 35.9 Å². The Hall–Kier alpha value is -2.67. The molecule has 0 saturated heterocycles. The van der Waals surface area contributed by atoms with Crippen LogP contribution in [0.15, 0.2) is 45.1 Å². The number of pyridine rings is 1. The van der Waals surface area contributed by atoms with Gasteiger partial charge in [0, 0.05) is 16.2 Å². The third-order valence-corrected chi connectivity index (χ3v) is 5.81. The molecule has 30 heavy (non-hydrogen) atoms. The first-order chi connectivity index (χ1) is 14.0. The summed E-state index contributed by atoms with van der Waals surface area (Å²) in [6, 6.07) is 4.45. The molecule has 0 aliphatic heterocycles. The van der Waals surface area contributed by atoms with E-state index in [1.807, 2.05) is 5.43 Å². The number of aromatic nitrogens is 1. The average molecular weight is 510 g/mol. The minimum Gasteiger partial charge on any atom is -0.493 e. The lowest BCUT2D eigenvalue weighted by molar-refractivity contribution is -0.137. The summed E-state index contributed by atoms with van der Waals surface area (Å²) in [6.45, 7) is 0. The van der Waals surface area contributed by atoms with Crippen LogP contribution in [0.5, 0.6) is 11.5 Å². The second-order valence-corrected chi connectivity index (χ2v) is 8.45. The van der Waals surface area contributed by atoms with E-state index in [9.17, 15) is 26.4 Å². The number of alkyl halides is 3. The Morgan fingerprint density at radius 2 is 1.87 bits per heavy atom. The number of halogens is 4. The SMILES string of the molecule is COc1cc(Br)c(C=NNC(=O)CS(=O)(=O)c2ccc(C(F)(F)F)cn2)cc1OC. The smallest absolute Gasteiger partial charge is 0.417 e. The number of sulfone groups is 1. The number of hydrogen-bond donors (Lipinski definition) is 1. The first kappa shape index (κ1) is 23.6. The van der Waals surface area contributed by atoms with Crippen LogP contribution in [0.3, 0.4) is 0 Å². The van der Waals surface area contributed by atoms with Gasteiger partial charge in [0.2, 0.25) is 9.84 Å². The van der Waals surface area contributed by atoms with E-state index in [1.165, 1.54) is 20.4 Å². The summed E-state index contributed by atoms with van der Waals surface area (Å²) < 4.78 is 72.8. The summed E-state index contributed by atoms with van der Waals surface area (Å²) >= 11 is 3.29. The molecule has 0 spiro atoms. The first-order valence-electron chi connectivity index (χ1n) is 7.97. The molecule has 0 unspecified atom stereocenters. The molecule has 162 valence electrons.